The molecule has 1 rings (SSSR count). The van der Waals surface area contributed by atoms with E-state index in [-0.39, 0.29) is 5.78 Å². The van der Waals surface area contributed by atoms with Crippen LogP contribution in [-0.4, -0.2) is 18.6 Å². The number of methoxy groups -OCH3 is 1. The Morgan fingerprint density at radius 2 is 1.82 bits per heavy atom. The van der Waals surface area contributed by atoms with Gasteiger partial charge in [0.05, 0.1) is 12.7 Å². The lowest BCUT2D eigenvalue weighted by Gasteiger charge is -2.17. The normalized spacial score (nSPS) is 10.5. The lowest BCUT2D eigenvalue weighted by Crippen LogP contribution is -2.09. The van der Waals surface area contributed by atoms with Crippen LogP contribution in [0.15, 0.2) is 4.47 Å². The third kappa shape index (κ3) is 2.68. The molecule has 0 N–H and O–H groups in total. The summed E-state index contributed by atoms with van der Waals surface area (Å²) in [5.74, 6) is 1.32. The van der Waals surface area contributed by atoms with Crippen LogP contribution < -0.4 is 4.74 Å². The molecule has 0 saturated carbocycles. The molecule has 0 amide bonds. The number of halogens is 1. The molecule has 17 heavy (non-hydrogen) atoms. The molecular weight excluding hydrogens is 300 g/mol. The van der Waals surface area contributed by atoms with Crippen molar-refractivity contribution < 1.29 is 9.53 Å². The fourth-order valence-electron chi connectivity index (χ4n) is 1.90. The number of hydrogen-bond donors (Lipinski definition) is 1. The Hall–Kier alpha value is -0.480. The fraction of sp³-hybridized carbons (Fsp3) is 0.462. The van der Waals surface area contributed by atoms with Crippen LogP contribution in [0, 0.1) is 20.8 Å². The first-order valence-corrected chi connectivity index (χ1v) is 6.85. The third-order valence-corrected chi connectivity index (χ3v) is 4.40. The van der Waals surface area contributed by atoms with Gasteiger partial charge < -0.3 is 4.74 Å². The number of ketones is 1. The summed E-state index contributed by atoms with van der Waals surface area (Å²) in [5.41, 5.74) is 3.74. The molecule has 1 aromatic rings. The first-order chi connectivity index (χ1) is 7.95. The predicted molar refractivity (Wildman–Crippen MR) is 77.7 cm³/mol. The maximum absolute atomic E-state index is 12.1. The molecule has 0 bridgehead atoms. The first kappa shape index (κ1) is 14.6. The van der Waals surface area contributed by atoms with Crippen LogP contribution in [0.25, 0.3) is 0 Å². The lowest BCUT2D eigenvalue weighted by atomic mass is 9.95. The smallest absolute Gasteiger partial charge is 0.167 e. The highest BCUT2D eigenvalue weighted by Gasteiger charge is 2.21. The average molecular weight is 317 g/mol. The molecule has 0 aliphatic carbocycles. The zero-order valence-electron chi connectivity index (χ0n) is 10.6. The van der Waals surface area contributed by atoms with Gasteiger partial charge in [0.15, 0.2) is 5.78 Å². The average Bonchev–Trinajstić information content (AvgIpc) is 2.31. The number of ether oxygens (including phenoxy) is 1. The molecule has 0 heterocycles. The van der Waals surface area contributed by atoms with Crippen molar-refractivity contribution in [2.45, 2.75) is 27.2 Å². The van der Waals surface area contributed by atoms with E-state index in [4.69, 9.17) is 4.74 Å². The van der Waals surface area contributed by atoms with Crippen molar-refractivity contribution in [1.29, 1.82) is 0 Å². The molecule has 0 atom stereocenters. The van der Waals surface area contributed by atoms with Crippen LogP contribution in [0.3, 0.4) is 0 Å². The molecule has 0 aromatic heterocycles. The summed E-state index contributed by atoms with van der Waals surface area (Å²) in [4.78, 5) is 12.1. The SMILES string of the molecule is COc1c(C)c(C)c(Br)c(C)c1C(=O)CCS. The quantitative estimate of drug-likeness (QED) is 0.674. The van der Waals surface area contributed by atoms with E-state index in [2.05, 4.69) is 28.6 Å². The standard InChI is InChI=1S/C13H17BrO2S/c1-7-8(2)13(16-4)11(9(3)12(7)14)10(15)5-6-17/h17H,5-6H2,1-4H3. The van der Waals surface area contributed by atoms with E-state index in [1.54, 1.807) is 7.11 Å². The number of Topliss-reactive ketones (excluding diaryl/α,β-unsaturated/α-hetero) is 1. The van der Waals surface area contributed by atoms with Crippen molar-refractivity contribution in [3.63, 3.8) is 0 Å². The maximum Gasteiger partial charge on any atom is 0.167 e. The van der Waals surface area contributed by atoms with Crippen molar-refractivity contribution in [3.05, 3.63) is 26.7 Å². The Morgan fingerprint density at radius 1 is 1.24 bits per heavy atom. The van der Waals surface area contributed by atoms with Gasteiger partial charge in [0.1, 0.15) is 5.75 Å². The van der Waals surface area contributed by atoms with Gasteiger partial charge in [0, 0.05) is 10.9 Å². The summed E-state index contributed by atoms with van der Waals surface area (Å²) < 4.78 is 6.38. The van der Waals surface area contributed by atoms with E-state index < -0.39 is 0 Å². The highest BCUT2D eigenvalue weighted by Crippen LogP contribution is 2.36. The van der Waals surface area contributed by atoms with E-state index >= 15 is 0 Å². The predicted octanol–water partition coefficient (Wildman–Crippen LogP) is 3.89. The Bertz CT molecular complexity index is 455. The largest absolute Gasteiger partial charge is 0.496 e. The maximum atomic E-state index is 12.1. The number of hydrogen-bond acceptors (Lipinski definition) is 3. The number of benzene rings is 1. The highest BCUT2D eigenvalue weighted by molar-refractivity contribution is 9.10. The minimum atomic E-state index is 0.0816. The van der Waals surface area contributed by atoms with Crippen molar-refractivity contribution in [3.8, 4) is 5.75 Å². The molecule has 0 saturated heterocycles. The van der Waals surface area contributed by atoms with Gasteiger partial charge in [-0.25, -0.2) is 0 Å². The van der Waals surface area contributed by atoms with Gasteiger partial charge in [-0.05, 0) is 43.2 Å². The van der Waals surface area contributed by atoms with Crippen LogP contribution in [-0.2, 0) is 0 Å². The van der Waals surface area contributed by atoms with Crippen molar-refractivity contribution in [2.24, 2.45) is 0 Å². The van der Waals surface area contributed by atoms with Crippen LogP contribution in [0.2, 0.25) is 0 Å². The Balaban J connectivity index is 3.52. The zero-order chi connectivity index (χ0) is 13.2. The number of thiol groups is 1. The first-order valence-electron chi connectivity index (χ1n) is 5.43. The summed E-state index contributed by atoms with van der Waals surface area (Å²) in [6.45, 7) is 5.92. The monoisotopic (exact) mass is 316 g/mol. The van der Waals surface area contributed by atoms with E-state index in [1.807, 2.05) is 20.8 Å². The van der Waals surface area contributed by atoms with Gasteiger partial charge in [-0.1, -0.05) is 15.9 Å². The molecule has 2 nitrogen and oxygen atoms in total. The lowest BCUT2D eigenvalue weighted by molar-refractivity contribution is 0.0986. The van der Waals surface area contributed by atoms with Crippen LogP contribution in [0.4, 0.5) is 0 Å². The topological polar surface area (TPSA) is 26.3 Å². The molecule has 0 aliphatic heterocycles. The zero-order valence-corrected chi connectivity index (χ0v) is 13.0. The number of carbonyl (C=O) groups is 1. The molecule has 0 radical (unpaired) electrons. The third-order valence-electron chi connectivity index (χ3n) is 2.99. The van der Waals surface area contributed by atoms with Crippen molar-refractivity contribution in [1.82, 2.24) is 0 Å². The molecule has 4 heteroatoms. The highest BCUT2D eigenvalue weighted by atomic mass is 79.9. The van der Waals surface area contributed by atoms with Crippen LogP contribution >= 0.6 is 28.6 Å². The van der Waals surface area contributed by atoms with E-state index in [0.717, 1.165) is 21.2 Å². The summed E-state index contributed by atoms with van der Waals surface area (Å²) in [6.07, 6.45) is 0.426. The molecule has 0 spiro atoms. The van der Waals surface area contributed by atoms with Gasteiger partial charge in [0.25, 0.3) is 0 Å². The Labute approximate surface area is 116 Å². The summed E-state index contributed by atoms with van der Waals surface area (Å²) in [7, 11) is 1.60. The van der Waals surface area contributed by atoms with E-state index in [0.29, 0.717) is 23.5 Å². The molecular formula is C13H17BrO2S. The molecule has 0 aliphatic rings. The van der Waals surface area contributed by atoms with Gasteiger partial charge in [-0.2, -0.15) is 12.6 Å². The fourth-order valence-corrected chi connectivity index (χ4v) is 2.60. The molecule has 0 unspecified atom stereocenters. The van der Waals surface area contributed by atoms with Crippen LogP contribution in [0.5, 0.6) is 5.75 Å². The second-order valence-corrected chi connectivity index (χ2v) is 5.23. The van der Waals surface area contributed by atoms with Gasteiger partial charge in [-0.15, -0.1) is 0 Å². The summed E-state index contributed by atoms with van der Waals surface area (Å²) >= 11 is 7.64. The summed E-state index contributed by atoms with van der Waals surface area (Å²) in [6, 6.07) is 0. The minimum absolute atomic E-state index is 0.0816. The summed E-state index contributed by atoms with van der Waals surface area (Å²) in [5, 5.41) is 0. The van der Waals surface area contributed by atoms with Crippen molar-refractivity contribution >= 4 is 34.3 Å². The second kappa shape index (κ2) is 5.91. The molecule has 1 aromatic carbocycles. The van der Waals surface area contributed by atoms with Crippen molar-refractivity contribution in [2.75, 3.05) is 12.9 Å². The molecule has 94 valence electrons. The van der Waals surface area contributed by atoms with E-state index in [9.17, 15) is 4.79 Å². The second-order valence-electron chi connectivity index (χ2n) is 3.99. The Morgan fingerprint density at radius 3 is 2.29 bits per heavy atom. The van der Waals surface area contributed by atoms with Gasteiger partial charge >= 0.3 is 0 Å². The van der Waals surface area contributed by atoms with E-state index in [1.165, 1.54) is 0 Å². The van der Waals surface area contributed by atoms with Gasteiger partial charge in [0.2, 0.25) is 0 Å². The molecule has 0 fully saturated rings. The van der Waals surface area contributed by atoms with Crippen LogP contribution in [0.1, 0.15) is 33.5 Å². The van der Waals surface area contributed by atoms with Gasteiger partial charge in [-0.3, -0.25) is 4.79 Å². The Kier molecular flexibility index (Phi) is 5.07. The number of rotatable bonds is 4. The minimum Gasteiger partial charge on any atom is -0.496 e. The number of carbonyl (C=O) groups excluding carboxylic acids is 1.